The lowest BCUT2D eigenvalue weighted by Crippen LogP contribution is -2.15. The number of aromatic nitrogens is 2. The molecule has 124 valence electrons. The highest BCUT2D eigenvalue weighted by Crippen LogP contribution is 2.35. The number of hydrogen-bond acceptors (Lipinski definition) is 5. The maximum absolute atomic E-state index is 12.6. The minimum Gasteiger partial charge on any atom is -0.477 e. The van der Waals surface area contributed by atoms with Crippen LogP contribution in [0.1, 0.15) is 15.2 Å². The molecule has 0 bridgehead atoms. The molecule has 24 heavy (non-hydrogen) atoms. The second-order valence-corrected chi connectivity index (χ2v) is 7.72. The molecule has 2 heterocycles. The molecule has 0 saturated heterocycles. The van der Waals surface area contributed by atoms with E-state index in [1.807, 2.05) is 0 Å². The van der Waals surface area contributed by atoms with Crippen LogP contribution >= 0.6 is 11.3 Å². The first-order valence-electron chi connectivity index (χ1n) is 6.83. The number of aromatic amines is 1. The molecule has 0 saturated carbocycles. The molecule has 0 amide bonds. The lowest BCUT2D eigenvalue weighted by atomic mass is 10.2. The maximum Gasteiger partial charge on any atom is 0.348 e. The predicted octanol–water partition coefficient (Wildman–Crippen LogP) is 2.95. The fourth-order valence-electron chi connectivity index (χ4n) is 2.21. The third kappa shape index (κ3) is 3.03. The van der Waals surface area contributed by atoms with E-state index in [9.17, 15) is 18.3 Å². The summed E-state index contributed by atoms with van der Waals surface area (Å²) in [5, 5.41) is 15.8. The van der Waals surface area contributed by atoms with Crippen molar-refractivity contribution in [3.63, 3.8) is 0 Å². The molecule has 7 nitrogen and oxygen atoms in total. The standard InChI is InChI=1S/C15H13N3O4S2/c1-9-4-2-3-5-13(9)24(21,22)18-11-6-12(10-7-16-17-8-10)23-14(11)15(19)20/h2-8,18H,1H3,(H,16,17)(H,19,20). The van der Waals surface area contributed by atoms with Gasteiger partial charge in [-0.2, -0.15) is 5.10 Å². The maximum atomic E-state index is 12.6. The lowest BCUT2D eigenvalue weighted by molar-refractivity contribution is 0.0703. The number of sulfonamides is 1. The van der Waals surface area contributed by atoms with Crippen LogP contribution in [0, 0.1) is 6.92 Å². The van der Waals surface area contributed by atoms with Crippen LogP contribution < -0.4 is 4.72 Å². The molecule has 2 aromatic heterocycles. The van der Waals surface area contributed by atoms with Crippen molar-refractivity contribution < 1.29 is 18.3 Å². The van der Waals surface area contributed by atoms with Crippen molar-refractivity contribution in [2.75, 3.05) is 4.72 Å². The van der Waals surface area contributed by atoms with Gasteiger partial charge in [-0.05, 0) is 24.6 Å². The Labute approximate surface area is 142 Å². The molecule has 0 aliphatic heterocycles. The zero-order chi connectivity index (χ0) is 17.3. The van der Waals surface area contributed by atoms with Crippen LogP contribution in [-0.4, -0.2) is 29.7 Å². The number of thiophene rings is 1. The smallest absolute Gasteiger partial charge is 0.348 e. The van der Waals surface area contributed by atoms with Crippen LogP contribution in [0.3, 0.4) is 0 Å². The van der Waals surface area contributed by atoms with Gasteiger partial charge in [0.15, 0.2) is 0 Å². The van der Waals surface area contributed by atoms with E-state index in [1.165, 1.54) is 18.3 Å². The van der Waals surface area contributed by atoms with Crippen molar-refractivity contribution in [2.24, 2.45) is 0 Å². The van der Waals surface area contributed by atoms with E-state index in [0.29, 0.717) is 16.0 Å². The number of aryl methyl sites for hydroxylation is 1. The van der Waals surface area contributed by atoms with E-state index < -0.39 is 16.0 Å². The Bertz CT molecular complexity index is 992. The molecule has 0 fully saturated rings. The summed E-state index contributed by atoms with van der Waals surface area (Å²) in [6.07, 6.45) is 3.15. The average Bonchev–Trinajstić information content (AvgIpc) is 3.16. The third-order valence-electron chi connectivity index (χ3n) is 3.34. The average molecular weight is 363 g/mol. The van der Waals surface area contributed by atoms with Gasteiger partial charge in [0, 0.05) is 16.6 Å². The van der Waals surface area contributed by atoms with Crippen molar-refractivity contribution >= 4 is 33.0 Å². The van der Waals surface area contributed by atoms with E-state index in [-0.39, 0.29) is 15.5 Å². The Morgan fingerprint density at radius 3 is 2.71 bits per heavy atom. The Kier molecular flexibility index (Phi) is 4.12. The normalized spacial score (nSPS) is 11.4. The first-order valence-corrected chi connectivity index (χ1v) is 9.13. The van der Waals surface area contributed by atoms with E-state index in [2.05, 4.69) is 14.9 Å². The number of hydrogen-bond donors (Lipinski definition) is 3. The van der Waals surface area contributed by atoms with Crippen LogP contribution in [-0.2, 0) is 10.0 Å². The van der Waals surface area contributed by atoms with Crippen LogP contribution in [0.4, 0.5) is 5.69 Å². The zero-order valence-electron chi connectivity index (χ0n) is 12.5. The first-order chi connectivity index (χ1) is 11.4. The Hall–Kier alpha value is -2.65. The topological polar surface area (TPSA) is 112 Å². The summed E-state index contributed by atoms with van der Waals surface area (Å²) in [6, 6.07) is 8.00. The molecule has 3 N–H and O–H groups in total. The van der Waals surface area contributed by atoms with Gasteiger partial charge in [-0.3, -0.25) is 9.82 Å². The van der Waals surface area contributed by atoms with Crippen molar-refractivity contribution in [3.05, 3.63) is 53.2 Å². The number of benzene rings is 1. The zero-order valence-corrected chi connectivity index (χ0v) is 14.1. The van der Waals surface area contributed by atoms with E-state index in [0.717, 1.165) is 11.3 Å². The van der Waals surface area contributed by atoms with Gasteiger partial charge in [0.1, 0.15) is 4.88 Å². The van der Waals surface area contributed by atoms with E-state index in [1.54, 1.807) is 31.3 Å². The second kappa shape index (κ2) is 6.10. The van der Waals surface area contributed by atoms with Gasteiger partial charge in [-0.15, -0.1) is 11.3 Å². The molecular formula is C15H13N3O4S2. The first kappa shape index (κ1) is 16.2. The molecular weight excluding hydrogens is 350 g/mol. The molecule has 0 atom stereocenters. The third-order valence-corrected chi connectivity index (χ3v) is 6.03. The monoisotopic (exact) mass is 363 g/mol. The fraction of sp³-hybridized carbons (Fsp3) is 0.0667. The summed E-state index contributed by atoms with van der Waals surface area (Å²) in [5.74, 6) is -1.20. The Morgan fingerprint density at radius 2 is 2.08 bits per heavy atom. The van der Waals surface area contributed by atoms with Gasteiger partial charge >= 0.3 is 5.97 Å². The largest absolute Gasteiger partial charge is 0.477 e. The van der Waals surface area contributed by atoms with Gasteiger partial charge < -0.3 is 5.11 Å². The molecule has 0 radical (unpaired) electrons. The van der Waals surface area contributed by atoms with Crippen LogP contribution in [0.5, 0.6) is 0 Å². The number of aromatic carboxylic acids is 1. The minimum absolute atomic E-state index is 0.0342. The van der Waals surface area contributed by atoms with E-state index >= 15 is 0 Å². The van der Waals surface area contributed by atoms with Crippen molar-refractivity contribution in [2.45, 2.75) is 11.8 Å². The highest BCUT2D eigenvalue weighted by molar-refractivity contribution is 7.92. The van der Waals surface area contributed by atoms with Crippen LogP contribution in [0.25, 0.3) is 10.4 Å². The number of anilines is 1. The number of nitrogens with zero attached hydrogens (tertiary/aromatic N) is 1. The molecule has 1 aromatic carbocycles. The van der Waals surface area contributed by atoms with Crippen molar-refractivity contribution in [1.82, 2.24) is 10.2 Å². The Balaban J connectivity index is 2.03. The summed E-state index contributed by atoms with van der Waals surface area (Å²) in [7, 11) is -3.89. The molecule has 9 heteroatoms. The quantitative estimate of drug-likeness (QED) is 0.645. The number of H-pyrrole nitrogens is 1. The van der Waals surface area contributed by atoms with E-state index in [4.69, 9.17) is 0 Å². The number of carbonyl (C=O) groups is 1. The fourth-order valence-corrected chi connectivity index (χ4v) is 4.52. The number of rotatable bonds is 5. The van der Waals surface area contributed by atoms with Crippen molar-refractivity contribution in [3.8, 4) is 10.4 Å². The molecule has 0 aliphatic carbocycles. The van der Waals surface area contributed by atoms with Gasteiger partial charge in [-0.1, -0.05) is 18.2 Å². The van der Waals surface area contributed by atoms with Gasteiger partial charge in [0.25, 0.3) is 10.0 Å². The van der Waals surface area contributed by atoms with Gasteiger partial charge in [-0.25, -0.2) is 13.2 Å². The molecule has 0 spiro atoms. The van der Waals surface area contributed by atoms with Gasteiger partial charge in [0.05, 0.1) is 16.8 Å². The minimum atomic E-state index is -3.89. The van der Waals surface area contributed by atoms with Gasteiger partial charge in [0.2, 0.25) is 0 Å². The summed E-state index contributed by atoms with van der Waals surface area (Å²) < 4.78 is 27.5. The van der Waals surface area contributed by atoms with Crippen LogP contribution in [0.2, 0.25) is 0 Å². The summed E-state index contributed by atoms with van der Waals surface area (Å²) in [5.41, 5.74) is 1.29. The summed E-state index contributed by atoms with van der Waals surface area (Å²) >= 11 is 0.979. The molecule has 0 unspecified atom stereocenters. The second-order valence-electron chi connectivity index (χ2n) is 5.02. The summed E-state index contributed by atoms with van der Waals surface area (Å²) in [4.78, 5) is 12.1. The highest BCUT2D eigenvalue weighted by atomic mass is 32.2. The SMILES string of the molecule is Cc1ccccc1S(=O)(=O)Nc1cc(-c2cn[nH]c2)sc1C(=O)O. The number of carboxylic acid groups (broad SMARTS) is 1. The highest BCUT2D eigenvalue weighted by Gasteiger charge is 2.23. The molecule has 3 rings (SSSR count). The molecule has 3 aromatic rings. The summed E-state index contributed by atoms with van der Waals surface area (Å²) in [6.45, 7) is 1.68. The van der Waals surface area contributed by atoms with Crippen LogP contribution in [0.15, 0.2) is 47.6 Å². The Morgan fingerprint density at radius 1 is 1.33 bits per heavy atom. The van der Waals surface area contributed by atoms with Crippen molar-refractivity contribution in [1.29, 1.82) is 0 Å². The molecule has 0 aliphatic rings. The number of carboxylic acids is 1. The number of nitrogens with one attached hydrogen (secondary N) is 2. The lowest BCUT2D eigenvalue weighted by Gasteiger charge is -2.09. The predicted molar refractivity (Wildman–Crippen MR) is 90.8 cm³/mol.